The number of aliphatic hydroxyl groups excluding tert-OH is 1. The fourth-order valence-electron chi connectivity index (χ4n) is 3.73. The summed E-state index contributed by atoms with van der Waals surface area (Å²) in [6.07, 6.45) is 1.46. The number of carbonyl (C=O) groups is 2. The molecule has 2 heterocycles. The molecule has 0 aliphatic carbocycles. The molecule has 10 heteroatoms. The molecule has 34 heavy (non-hydrogen) atoms. The maximum Gasteiger partial charge on any atom is 0.301 e. The lowest BCUT2D eigenvalue weighted by Crippen LogP contribution is -2.30. The summed E-state index contributed by atoms with van der Waals surface area (Å²) in [6, 6.07) is 14.1. The number of non-ortho nitro benzene ring substituents is 1. The highest BCUT2D eigenvalue weighted by Gasteiger charge is 2.47. The van der Waals surface area contributed by atoms with E-state index in [1.54, 1.807) is 36.4 Å². The second-order valence-corrected chi connectivity index (χ2v) is 8.23. The van der Waals surface area contributed by atoms with Crippen LogP contribution < -0.4 is 9.64 Å². The molecular weight excluding hydrogens is 506 g/mol. The van der Waals surface area contributed by atoms with Gasteiger partial charge in [-0.2, -0.15) is 0 Å². The first-order valence-corrected chi connectivity index (χ1v) is 11.0. The highest BCUT2D eigenvalue weighted by molar-refractivity contribution is 9.10. The number of pyridine rings is 1. The molecule has 1 aliphatic heterocycles. The highest BCUT2D eigenvalue weighted by Crippen LogP contribution is 2.42. The third kappa shape index (κ3) is 4.27. The third-order valence-corrected chi connectivity index (χ3v) is 5.71. The van der Waals surface area contributed by atoms with Gasteiger partial charge in [-0.25, -0.2) is 4.98 Å². The van der Waals surface area contributed by atoms with E-state index in [0.29, 0.717) is 22.4 Å². The molecule has 0 unspecified atom stereocenters. The summed E-state index contributed by atoms with van der Waals surface area (Å²) in [6.45, 7) is 2.30. The molecule has 0 spiro atoms. The van der Waals surface area contributed by atoms with Crippen molar-refractivity contribution < 1.29 is 24.4 Å². The van der Waals surface area contributed by atoms with Crippen LogP contribution >= 0.6 is 15.9 Å². The number of hydrogen-bond donors (Lipinski definition) is 1. The fraction of sp³-hybridized carbons (Fsp3) is 0.125. The molecule has 1 atom stereocenters. The molecule has 0 bridgehead atoms. The summed E-state index contributed by atoms with van der Waals surface area (Å²) in [5.74, 6) is -1.50. The number of aliphatic hydroxyl groups is 1. The number of amides is 1. The Balaban J connectivity index is 1.91. The van der Waals surface area contributed by atoms with Gasteiger partial charge >= 0.3 is 5.91 Å². The number of nitro groups is 1. The van der Waals surface area contributed by atoms with Crippen LogP contribution in [0.1, 0.15) is 24.1 Å². The van der Waals surface area contributed by atoms with E-state index >= 15 is 0 Å². The van der Waals surface area contributed by atoms with Crippen LogP contribution in [0.3, 0.4) is 0 Å². The molecule has 0 radical (unpaired) electrons. The van der Waals surface area contributed by atoms with E-state index in [2.05, 4.69) is 20.9 Å². The van der Waals surface area contributed by atoms with E-state index in [1.807, 2.05) is 6.92 Å². The third-order valence-electron chi connectivity index (χ3n) is 5.24. The number of ketones is 1. The summed E-state index contributed by atoms with van der Waals surface area (Å²) in [5.41, 5.74) is 0.165. The van der Waals surface area contributed by atoms with E-state index in [4.69, 9.17) is 4.74 Å². The first-order valence-electron chi connectivity index (χ1n) is 10.2. The van der Waals surface area contributed by atoms with Crippen molar-refractivity contribution in [2.75, 3.05) is 11.5 Å². The number of benzene rings is 2. The molecule has 0 saturated carbocycles. The van der Waals surface area contributed by atoms with Crippen LogP contribution in [0.5, 0.6) is 5.75 Å². The van der Waals surface area contributed by atoms with Gasteiger partial charge in [0, 0.05) is 28.4 Å². The Morgan fingerprint density at radius 2 is 1.91 bits per heavy atom. The quantitative estimate of drug-likeness (QED) is 0.162. The second kappa shape index (κ2) is 9.44. The van der Waals surface area contributed by atoms with Crippen LogP contribution in [-0.2, 0) is 9.59 Å². The van der Waals surface area contributed by atoms with Crippen LogP contribution in [0, 0.1) is 10.1 Å². The van der Waals surface area contributed by atoms with Crippen LogP contribution in [0.25, 0.3) is 5.76 Å². The van der Waals surface area contributed by atoms with Crippen molar-refractivity contribution in [1.29, 1.82) is 0 Å². The molecule has 172 valence electrons. The Labute approximate surface area is 202 Å². The Morgan fingerprint density at radius 1 is 1.18 bits per heavy atom. The van der Waals surface area contributed by atoms with Gasteiger partial charge in [-0.3, -0.25) is 24.6 Å². The number of carbonyl (C=O) groups excluding carboxylic acids is 2. The lowest BCUT2D eigenvalue weighted by molar-refractivity contribution is -0.384. The van der Waals surface area contributed by atoms with Crippen molar-refractivity contribution in [3.05, 3.63) is 98.1 Å². The number of aromatic nitrogens is 1. The number of Topliss-reactive ketones (excluding diaryl/α,β-unsaturated/α-hetero) is 1. The van der Waals surface area contributed by atoms with Crippen molar-refractivity contribution >= 4 is 44.9 Å². The summed E-state index contributed by atoms with van der Waals surface area (Å²) < 4.78 is 6.07. The minimum atomic E-state index is -1.12. The summed E-state index contributed by atoms with van der Waals surface area (Å²) in [4.78, 5) is 42.4. The van der Waals surface area contributed by atoms with Crippen molar-refractivity contribution in [3.8, 4) is 5.75 Å². The maximum absolute atomic E-state index is 13.1. The molecule has 1 N–H and O–H groups in total. The van der Waals surface area contributed by atoms with E-state index in [1.165, 1.54) is 30.5 Å². The van der Waals surface area contributed by atoms with Gasteiger partial charge in [0.15, 0.2) is 0 Å². The van der Waals surface area contributed by atoms with Crippen LogP contribution in [0.4, 0.5) is 11.5 Å². The van der Waals surface area contributed by atoms with Gasteiger partial charge in [-0.1, -0.05) is 12.1 Å². The molecule has 1 fully saturated rings. The second-order valence-electron chi connectivity index (χ2n) is 7.31. The van der Waals surface area contributed by atoms with Gasteiger partial charge < -0.3 is 9.84 Å². The SMILES string of the molecule is CCOc1ccc(/C(O)=C2\C(=O)C(=O)N(c3ccc(Br)cn3)[C@@H]2c2cccc([N+](=O)[O-])c2)cc1. The van der Waals surface area contributed by atoms with Gasteiger partial charge in [-0.05, 0) is 64.8 Å². The average molecular weight is 524 g/mol. The minimum Gasteiger partial charge on any atom is -0.507 e. The van der Waals surface area contributed by atoms with Gasteiger partial charge in [0.25, 0.3) is 11.5 Å². The van der Waals surface area contributed by atoms with Gasteiger partial charge in [0.1, 0.15) is 17.3 Å². The molecule has 1 amide bonds. The lowest BCUT2D eigenvalue weighted by atomic mass is 9.95. The van der Waals surface area contributed by atoms with Crippen LogP contribution in [-0.4, -0.2) is 33.3 Å². The van der Waals surface area contributed by atoms with Gasteiger partial charge in [-0.15, -0.1) is 0 Å². The highest BCUT2D eigenvalue weighted by atomic mass is 79.9. The number of hydrogen-bond acceptors (Lipinski definition) is 7. The van der Waals surface area contributed by atoms with E-state index in [0.717, 1.165) is 4.90 Å². The summed E-state index contributed by atoms with van der Waals surface area (Å²) >= 11 is 3.28. The number of anilines is 1. The Hall–Kier alpha value is -4.05. The predicted octanol–water partition coefficient (Wildman–Crippen LogP) is 4.78. The van der Waals surface area contributed by atoms with E-state index < -0.39 is 28.4 Å². The topological polar surface area (TPSA) is 123 Å². The molecule has 1 saturated heterocycles. The molecule has 9 nitrogen and oxygen atoms in total. The zero-order valence-electron chi connectivity index (χ0n) is 17.8. The average Bonchev–Trinajstić information content (AvgIpc) is 3.10. The monoisotopic (exact) mass is 523 g/mol. The first-order chi connectivity index (χ1) is 16.3. The molecule has 1 aromatic heterocycles. The molecular formula is C24H18BrN3O6. The Bertz CT molecular complexity index is 1310. The summed E-state index contributed by atoms with van der Waals surface area (Å²) in [5, 5.41) is 22.5. The van der Waals surface area contributed by atoms with Crippen molar-refractivity contribution in [2.45, 2.75) is 13.0 Å². The minimum absolute atomic E-state index is 0.160. The zero-order valence-corrected chi connectivity index (χ0v) is 19.4. The predicted molar refractivity (Wildman–Crippen MR) is 127 cm³/mol. The van der Waals surface area contributed by atoms with Crippen LogP contribution in [0.2, 0.25) is 0 Å². The van der Waals surface area contributed by atoms with E-state index in [9.17, 15) is 24.8 Å². The number of halogens is 1. The first kappa shape index (κ1) is 23.1. The standard InChI is InChI=1S/C24H18BrN3O6/c1-2-34-18-9-6-14(7-10-18)22(29)20-21(15-4-3-5-17(12-15)28(32)33)27(24(31)23(20)30)19-11-8-16(25)13-26-19/h3-13,21,29H,2H2,1H3/b22-20+/t21-/m1/s1. The maximum atomic E-state index is 13.1. The van der Waals surface area contributed by atoms with Crippen molar-refractivity contribution in [2.24, 2.45) is 0 Å². The zero-order chi connectivity index (χ0) is 24.4. The number of rotatable bonds is 6. The molecule has 2 aromatic carbocycles. The lowest BCUT2D eigenvalue weighted by Gasteiger charge is -2.24. The number of ether oxygens (including phenoxy) is 1. The van der Waals surface area contributed by atoms with Crippen molar-refractivity contribution in [1.82, 2.24) is 4.98 Å². The number of nitrogens with zero attached hydrogens (tertiary/aromatic N) is 3. The summed E-state index contributed by atoms with van der Waals surface area (Å²) in [7, 11) is 0. The Morgan fingerprint density at radius 3 is 2.53 bits per heavy atom. The van der Waals surface area contributed by atoms with E-state index in [-0.39, 0.29) is 22.6 Å². The Kier molecular flexibility index (Phi) is 6.42. The van der Waals surface area contributed by atoms with Gasteiger partial charge in [0.05, 0.1) is 23.1 Å². The largest absolute Gasteiger partial charge is 0.507 e. The molecule has 3 aromatic rings. The fourth-order valence-corrected chi connectivity index (χ4v) is 3.97. The van der Waals surface area contributed by atoms with Gasteiger partial charge in [0.2, 0.25) is 0 Å². The molecule has 1 aliphatic rings. The number of nitro benzene ring substituents is 1. The normalized spacial score (nSPS) is 17.1. The molecule has 4 rings (SSSR count). The van der Waals surface area contributed by atoms with Crippen LogP contribution in [0.15, 0.2) is 76.9 Å². The smallest absolute Gasteiger partial charge is 0.301 e. The van der Waals surface area contributed by atoms with Crippen molar-refractivity contribution in [3.63, 3.8) is 0 Å².